The summed E-state index contributed by atoms with van der Waals surface area (Å²) in [6.07, 6.45) is 10.9. The lowest BCUT2D eigenvalue weighted by molar-refractivity contribution is -0.121. The number of hydrogen-bond acceptors (Lipinski definition) is 1. The molecule has 2 nitrogen and oxygen atoms in total. The van der Waals surface area contributed by atoms with Crippen LogP contribution in [-0.4, -0.2) is 5.91 Å². The SMILES string of the molecule is Cc1ccc(CNC(=O)CCCCCCCCCC(C)C)cc1. The van der Waals surface area contributed by atoms with Crippen LogP contribution in [0.1, 0.15) is 82.8 Å². The molecule has 2 heteroatoms. The van der Waals surface area contributed by atoms with Gasteiger partial charge in [-0.15, -0.1) is 0 Å². The second-order valence-electron chi connectivity index (χ2n) is 7.17. The average molecular weight is 318 g/mol. The smallest absolute Gasteiger partial charge is 0.220 e. The Hall–Kier alpha value is -1.31. The summed E-state index contributed by atoms with van der Waals surface area (Å²) >= 11 is 0. The van der Waals surface area contributed by atoms with Crippen LogP contribution in [0.4, 0.5) is 0 Å². The fourth-order valence-corrected chi connectivity index (χ4v) is 2.72. The number of rotatable bonds is 12. The van der Waals surface area contributed by atoms with Crippen LogP contribution in [0.2, 0.25) is 0 Å². The molecule has 23 heavy (non-hydrogen) atoms. The summed E-state index contributed by atoms with van der Waals surface area (Å²) in [6.45, 7) is 7.31. The molecule has 0 bridgehead atoms. The molecule has 1 rings (SSSR count). The number of amides is 1. The molecular weight excluding hydrogens is 282 g/mol. The molecule has 1 N–H and O–H groups in total. The molecule has 1 aromatic rings. The van der Waals surface area contributed by atoms with Crippen LogP contribution in [0, 0.1) is 12.8 Å². The van der Waals surface area contributed by atoms with Crippen molar-refractivity contribution in [2.45, 2.75) is 85.1 Å². The van der Waals surface area contributed by atoms with Crippen LogP contribution in [0.3, 0.4) is 0 Å². The Balaban J connectivity index is 1.93. The van der Waals surface area contributed by atoms with Gasteiger partial charge in [0.05, 0.1) is 0 Å². The number of aryl methyl sites for hydroxylation is 1. The van der Waals surface area contributed by atoms with Crippen molar-refractivity contribution in [3.63, 3.8) is 0 Å². The maximum Gasteiger partial charge on any atom is 0.220 e. The monoisotopic (exact) mass is 317 g/mol. The molecule has 0 aliphatic rings. The van der Waals surface area contributed by atoms with E-state index in [9.17, 15) is 4.79 Å². The van der Waals surface area contributed by atoms with Gasteiger partial charge in [-0.25, -0.2) is 0 Å². The van der Waals surface area contributed by atoms with E-state index in [0.717, 1.165) is 12.3 Å². The molecule has 0 atom stereocenters. The van der Waals surface area contributed by atoms with Crippen LogP contribution in [0.25, 0.3) is 0 Å². The van der Waals surface area contributed by atoms with Crippen LogP contribution in [0.5, 0.6) is 0 Å². The third kappa shape index (κ3) is 11.0. The van der Waals surface area contributed by atoms with Crippen molar-refractivity contribution >= 4 is 5.91 Å². The van der Waals surface area contributed by atoms with Gasteiger partial charge in [-0.05, 0) is 24.8 Å². The topological polar surface area (TPSA) is 29.1 Å². The molecule has 0 radical (unpaired) electrons. The average Bonchev–Trinajstić information content (AvgIpc) is 2.52. The van der Waals surface area contributed by atoms with Gasteiger partial charge >= 0.3 is 0 Å². The first kappa shape index (κ1) is 19.7. The molecule has 0 aromatic heterocycles. The summed E-state index contributed by atoms with van der Waals surface area (Å²) in [6, 6.07) is 8.33. The van der Waals surface area contributed by atoms with Gasteiger partial charge in [0, 0.05) is 13.0 Å². The minimum atomic E-state index is 0.183. The Bertz CT molecular complexity index is 422. The zero-order valence-corrected chi connectivity index (χ0v) is 15.4. The van der Waals surface area contributed by atoms with E-state index in [1.54, 1.807) is 0 Å². The molecule has 0 unspecified atom stereocenters. The standard InChI is InChI=1S/C21H35NO/c1-18(2)11-9-7-5-4-6-8-10-12-21(23)22-17-20-15-13-19(3)14-16-20/h13-16,18H,4-12,17H2,1-3H3,(H,22,23). The van der Waals surface area contributed by atoms with E-state index in [-0.39, 0.29) is 5.91 Å². The first-order chi connectivity index (χ1) is 11.1. The van der Waals surface area contributed by atoms with Crippen molar-refractivity contribution in [1.29, 1.82) is 0 Å². The van der Waals surface area contributed by atoms with E-state index in [1.165, 1.54) is 56.1 Å². The fourth-order valence-electron chi connectivity index (χ4n) is 2.72. The zero-order valence-electron chi connectivity index (χ0n) is 15.4. The Morgan fingerprint density at radius 2 is 1.48 bits per heavy atom. The highest BCUT2D eigenvalue weighted by atomic mass is 16.1. The summed E-state index contributed by atoms with van der Waals surface area (Å²) < 4.78 is 0. The van der Waals surface area contributed by atoms with Gasteiger partial charge in [-0.3, -0.25) is 4.79 Å². The lowest BCUT2D eigenvalue weighted by Crippen LogP contribution is -2.22. The van der Waals surface area contributed by atoms with Crippen LogP contribution in [-0.2, 0) is 11.3 Å². The first-order valence-electron chi connectivity index (χ1n) is 9.40. The number of carbonyl (C=O) groups is 1. The van der Waals surface area contributed by atoms with Gasteiger partial charge in [0.25, 0.3) is 0 Å². The van der Waals surface area contributed by atoms with Gasteiger partial charge in [0.1, 0.15) is 0 Å². The molecule has 0 saturated carbocycles. The van der Waals surface area contributed by atoms with Gasteiger partial charge in [0.15, 0.2) is 0 Å². The zero-order chi connectivity index (χ0) is 16.9. The van der Waals surface area contributed by atoms with Crippen molar-refractivity contribution < 1.29 is 4.79 Å². The lowest BCUT2D eigenvalue weighted by Gasteiger charge is -2.06. The van der Waals surface area contributed by atoms with E-state index >= 15 is 0 Å². The van der Waals surface area contributed by atoms with Crippen LogP contribution >= 0.6 is 0 Å². The molecule has 0 fully saturated rings. The Morgan fingerprint density at radius 1 is 0.913 bits per heavy atom. The fraction of sp³-hybridized carbons (Fsp3) is 0.667. The predicted molar refractivity (Wildman–Crippen MR) is 99.4 cm³/mol. The van der Waals surface area contributed by atoms with Crippen molar-refractivity contribution in [3.8, 4) is 0 Å². The van der Waals surface area contributed by atoms with Crippen molar-refractivity contribution in [3.05, 3.63) is 35.4 Å². The van der Waals surface area contributed by atoms with Gasteiger partial charge in [-0.1, -0.05) is 88.6 Å². The molecule has 0 aliphatic heterocycles. The van der Waals surface area contributed by atoms with Crippen molar-refractivity contribution in [1.82, 2.24) is 5.32 Å². The van der Waals surface area contributed by atoms with Crippen LogP contribution in [0.15, 0.2) is 24.3 Å². The van der Waals surface area contributed by atoms with E-state index in [4.69, 9.17) is 0 Å². The summed E-state index contributed by atoms with van der Waals surface area (Å²) in [7, 11) is 0. The highest BCUT2D eigenvalue weighted by Crippen LogP contribution is 2.12. The second kappa shape index (κ2) is 12.2. The highest BCUT2D eigenvalue weighted by molar-refractivity contribution is 5.75. The second-order valence-corrected chi connectivity index (χ2v) is 7.17. The van der Waals surface area contributed by atoms with Crippen molar-refractivity contribution in [2.75, 3.05) is 0 Å². The molecular formula is C21H35NO. The normalized spacial score (nSPS) is 11.0. The Morgan fingerprint density at radius 3 is 2.09 bits per heavy atom. The number of benzene rings is 1. The van der Waals surface area contributed by atoms with E-state index in [1.807, 2.05) is 0 Å². The third-order valence-electron chi connectivity index (χ3n) is 4.30. The summed E-state index contributed by atoms with van der Waals surface area (Å²) in [4.78, 5) is 11.8. The number of unbranched alkanes of at least 4 members (excludes halogenated alkanes) is 6. The maximum absolute atomic E-state index is 11.8. The van der Waals surface area contributed by atoms with E-state index < -0.39 is 0 Å². The molecule has 0 spiro atoms. The minimum absolute atomic E-state index is 0.183. The van der Waals surface area contributed by atoms with E-state index in [2.05, 4.69) is 50.4 Å². The molecule has 1 aromatic carbocycles. The quantitative estimate of drug-likeness (QED) is 0.487. The first-order valence-corrected chi connectivity index (χ1v) is 9.40. The summed E-state index contributed by atoms with van der Waals surface area (Å²) in [5, 5.41) is 3.01. The van der Waals surface area contributed by atoms with Gasteiger partial charge in [0.2, 0.25) is 5.91 Å². The van der Waals surface area contributed by atoms with Gasteiger partial charge in [-0.2, -0.15) is 0 Å². The number of nitrogens with one attached hydrogen (secondary N) is 1. The Labute approximate surface area is 143 Å². The molecule has 130 valence electrons. The molecule has 0 heterocycles. The number of carbonyl (C=O) groups excluding carboxylic acids is 1. The summed E-state index contributed by atoms with van der Waals surface area (Å²) in [5.74, 6) is 1.02. The maximum atomic E-state index is 11.8. The van der Waals surface area contributed by atoms with E-state index in [0.29, 0.717) is 13.0 Å². The Kier molecular flexibility index (Phi) is 10.4. The van der Waals surface area contributed by atoms with Crippen LogP contribution < -0.4 is 5.32 Å². The van der Waals surface area contributed by atoms with Crippen molar-refractivity contribution in [2.24, 2.45) is 5.92 Å². The summed E-state index contributed by atoms with van der Waals surface area (Å²) in [5.41, 5.74) is 2.43. The lowest BCUT2D eigenvalue weighted by atomic mass is 10.0. The molecule has 0 saturated heterocycles. The predicted octanol–water partition coefficient (Wildman–Crippen LogP) is 5.78. The highest BCUT2D eigenvalue weighted by Gasteiger charge is 2.01. The number of hydrogen-bond donors (Lipinski definition) is 1. The third-order valence-corrected chi connectivity index (χ3v) is 4.30. The molecule has 1 amide bonds. The minimum Gasteiger partial charge on any atom is -0.352 e. The molecule has 0 aliphatic carbocycles. The van der Waals surface area contributed by atoms with Gasteiger partial charge < -0.3 is 5.32 Å². The largest absolute Gasteiger partial charge is 0.352 e.